The Kier molecular flexibility index (Phi) is 5.45. The summed E-state index contributed by atoms with van der Waals surface area (Å²) in [4.78, 5) is 12.0. The molecule has 1 aliphatic heterocycles. The number of aliphatic hydroxyl groups is 1. The van der Waals surface area contributed by atoms with Gasteiger partial charge >= 0.3 is 5.97 Å². The first kappa shape index (κ1) is 19.4. The fourth-order valence-electron chi connectivity index (χ4n) is 5.57. The van der Waals surface area contributed by atoms with Gasteiger partial charge in [0, 0.05) is 5.92 Å². The maximum absolute atomic E-state index is 12.0. The van der Waals surface area contributed by atoms with Crippen molar-refractivity contribution in [3.05, 3.63) is 36.0 Å². The average Bonchev–Trinajstić information content (AvgIpc) is 2.53. The summed E-state index contributed by atoms with van der Waals surface area (Å²) in [7, 11) is 0. The highest BCUT2D eigenvalue weighted by Gasteiger charge is 2.57. The van der Waals surface area contributed by atoms with Crippen molar-refractivity contribution in [1.29, 1.82) is 0 Å². The lowest BCUT2D eigenvalue weighted by atomic mass is 9.56. The lowest BCUT2D eigenvalue weighted by molar-refractivity contribution is -0.241. The average molecular weight is 360 g/mol. The molecule has 0 aromatic carbocycles. The van der Waals surface area contributed by atoms with Crippen molar-refractivity contribution in [2.75, 3.05) is 0 Å². The van der Waals surface area contributed by atoms with Crippen LogP contribution in [-0.4, -0.2) is 34.0 Å². The van der Waals surface area contributed by atoms with Crippen LogP contribution in [0.4, 0.5) is 0 Å². The predicted octanol–water partition coefficient (Wildman–Crippen LogP) is 3.97. The van der Waals surface area contributed by atoms with Gasteiger partial charge in [0.2, 0.25) is 0 Å². The van der Waals surface area contributed by atoms with E-state index in [2.05, 4.69) is 26.8 Å². The van der Waals surface area contributed by atoms with Crippen LogP contribution in [0, 0.1) is 29.6 Å². The zero-order valence-electron chi connectivity index (χ0n) is 16.3. The maximum atomic E-state index is 12.0. The van der Waals surface area contributed by atoms with Crippen molar-refractivity contribution in [3.63, 3.8) is 0 Å². The van der Waals surface area contributed by atoms with Crippen molar-refractivity contribution < 1.29 is 19.7 Å². The van der Waals surface area contributed by atoms with Crippen molar-refractivity contribution in [1.82, 2.24) is 0 Å². The molecule has 0 bridgehead atoms. The van der Waals surface area contributed by atoms with Crippen LogP contribution in [0.2, 0.25) is 0 Å². The Hall–Kier alpha value is -1.39. The molecule has 1 heterocycles. The van der Waals surface area contributed by atoms with Gasteiger partial charge in [-0.1, -0.05) is 36.0 Å². The third-order valence-electron chi connectivity index (χ3n) is 6.74. The highest BCUT2D eigenvalue weighted by Crippen LogP contribution is 2.54. The van der Waals surface area contributed by atoms with Crippen LogP contribution in [0.5, 0.6) is 0 Å². The number of allylic oxidation sites excluding steroid dienone is 6. The maximum Gasteiger partial charge on any atom is 0.309 e. The molecule has 7 atom stereocenters. The van der Waals surface area contributed by atoms with Gasteiger partial charge < -0.3 is 14.9 Å². The van der Waals surface area contributed by atoms with Gasteiger partial charge in [0.25, 0.3) is 0 Å². The molecule has 0 radical (unpaired) electrons. The summed E-state index contributed by atoms with van der Waals surface area (Å²) in [6.07, 6.45) is 11.5. The number of carboxylic acids is 1. The van der Waals surface area contributed by atoms with E-state index in [0.717, 1.165) is 12.8 Å². The van der Waals surface area contributed by atoms with Crippen molar-refractivity contribution in [2.24, 2.45) is 29.6 Å². The third-order valence-corrected chi connectivity index (χ3v) is 6.74. The minimum atomic E-state index is -0.907. The zero-order valence-corrected chi connectivity index (χ0v) is 16.3. The van der Waals surface area contributed by atoms with E-state index in [1.165, 1.54) is 5.57 Å². The second kappa shape index (κ2) is 7.32. The second-order valence-corrected chi connectivity index (χ2v) is 8.76. The minimum Gasteiger partial charge on any atom is -0.481 e. The first-order valence-electron chi connectivity index (χ1n) is 9.80. The van der Waals surface area contributed by atoms with Gasteiger partial charge in [-0.05, 0) is 64.7 Å². The minimum absolute atomic E-state index is 0.0944. The van der Waals surface area contributed by atoms with E-state index >= 15 is 0 Å². The second-order valence-electron chi connectivity index (χ2n) is 8.76. The number of hydrogen-bond acceptors (Lipinski definition) is 3. The molecule has 0 spiro atoms. The molecule has 1 saturated heterocycles. The SMILES string of the molecule is C/C=C/C=C/C1CC2OC(C)(C)[C@@H]3CC=C(C)C[C@H]3C2C(O)C1C(=O)O. The molecule has 0 aromatic rings. The summed E-state index contributed by atoms with van der Waals surface area (Å²) < 4.78 is 6.48. The van der Waals surface area contributed by atoms with Crippen LogP contribution >= 0.6 is 0 Å². The number of carboxylic acid groups (broad SMARTS) is 1. The third kappa shape index (κ3) is 3.41. The number of aliphatic hydroxyl groups excluding tert-OH is 1. The number of fused-ring (bicyclic) bond motifs is 3. The normalized spacial score (nSPS) is 42.3. The highest BCUT2D eigenvalue weighted by atomic mass is 16.5. The molecule has 144 valence electrons. The van der Waals surface area contributed by atoms with Crippen molar-refractivity contribution >= 4 is 5.97 Å². The molecule has 26 heavy (non-hydrogen) atoms. The summed E-state index contributed by atoms with van der Waals surface area (Å²) in [6.45, 7) is 8.36. The van der Waals surface area contributed by atoms with E-state index in [-0.39, 0.29) is 29.5 Å². The van der Waals surface area contributed by atoms with Crippen LogP contribution in [0.3, 0.4) is 0 Å². The zero-order chi connectivity index (χ0) is 19.1. The molecular weight excluding hydrogens is 328 g/mol. The van der Waals surface area contributed by atoms with Crippen LogP contribution < -0.4 is 0 Å². The van der Waals surface area contributed by atoms with Crippen LogP contribution in [-0.2, 0) is 9.53 Å². The van der Waals surface area contributed by atoms with Gasteiger partial charge in [0.05, 0.1) is 23.7 Å². The van der Waals surface area contributed by atoms with Gasteiger partial charge in [0.1, 0.15) is 0 Å². The van der Waals surface area contributed by atoms with E-state index in [9.17, 15) is 15.0 Å². The number of rotatable bonds is 3. The van der Waals surface area contributed by atoms with Crippen LogP contribution in [0.15, 0.2) is 36.0 Å². The number of carbonyl (C=O) groups is 1. The Balaban J connectivity index is 1.95. The smallest absolute Gasteiger partial charge is 0.309 e. The summed E-state index contributed by atoms with van der Waals surface area (Å²) in [5.41, 5.74) is 1.09. The molecular formula is C22H32O4. The fraction of sp³-hybridized carbons (Fsp3) is 0.682. The Labute approximate surface area is 156 Å². The molecule has 0 aromatic heterocycles. The van der Waals surface area contributed by atoms with Crippen LogP contribution in [0.25, 0.3) is 0 Å². The molecule has 2 fully saturated rings. The molecule has 4 nitrogen and oxygen atoms in total. The molecule has 3 aliphatic rings. The summed E-state index contributed by atoms with van der Waals surface area (Å²) in [5, 5.41) is 20.9. The summed E-state index contributed by atoms with van der Waals surface area (Å²) in [6, 6.07) is 0. The highest BCUT2D eigenvalue weighted by molar-refractivity contribution is 5.72. The van der Waals surface area contributed by atoms with E-state index in [1.807, 2.05) is 31.2 Å². The summed E-state index contributed by atoms with van der Waals surface area (Å²) >= 11 is 0. The van der Waals surface area contributed by atoms with Crippen molar-refractivity contribution in [2.45, 2.75) is 64.8 Å². The first-order valence-corrected chi connectivity index (χ1v) is 9.80. The standard InChI is InChI=1S/C22H32O4/c1-5-6-7-8-14-12-17-19(20(23)18(14)21(24)25)15-11-13(2)9-10-16(15)22(3,4)26-17/h5-9,14-20,23H,10-12H2,1-4H3,(H,24,25)/b6-5+,8-7+/t14?,15-,16-,17?,18?,19?,20?/m1/s1. The summed E-state index contributed by atoms with van der Waals surface area (Å²) in [5.74, 6) is -1.39. The van der Waals surface area contributed by atoms with E-state index in [0.29, 0.717) is 12.3 Å². The number of aliphatic carboxylic acids is 1. The topological polar surface area (TPSA) is 66.8 Å². The first-order chi connectivity index (χ1) is 12.3. The van der Waals surface area contributed by atoms with Crippen LogP contribution in [0.1, 0.15) is 47.0 Å². The van der Waals surface area contributed by atoms with Gasteiger partial charge in [-0.2, -0.15) is 0 Å². The lowest BCUT2D eigenvalue weighted by Crippen LogP contribution is -2.62. The molecule has 2 N–H and O–H groups in total. The quantitative estimate of drug-likeness (QED) is 0.590. The monoisotopic (exact) mass is 360 g/mol. The van der Waals surface area contributed by atoms with Gasteiger partial charge in [0.15, 0.2) is 0 Å². The number of ether oxygens (including phenoxy) is 1. The van der Waals surface area contributed by atoms with Gasteiger partial charge in [-0.3, -0.25) is 4.79 Å². The molecule has 2 aliphatic carbocycles. The van der Waals surface area contributed by atoms with E-state index in [4.69, 9.17) is 4.74 Å². The van der Waals surface area contributed by atoms with E-state index in [1.54, 1.807) is 0 Å². The Morgan fingerprint density at radius 2 is 2.08 bits per heavy atom. The van der Waals surface area contributed by atoms with Crippen molar-refractivity contribution in [3.8, 4) is 0 Å². The Morgan fingerprint density at radius 1 is 1.35 bits per heavy atom. The van der Waals surface area contributed by atoms with Gasteiger partial charge in [-0.15, -0.1) is 0 Å². The number of hydrogen-bond donors (Lipinski definition) is 2. The fourth-order valence-corrected chi connectivity index (χ4v) is 5.57. The molecule has 5 unspecified atom stereocenters. The molecule has 4 heteroatoms. The largest absolute Gasteiger partial charge is 0.481 e. The lowest BCUT2D eigenvalue weighted by Gasteiger charge is -2.57. The van der Waals surface area contributed by atoms with Gasteiger partial charge in [-0.25, -0.2) is 0 Å². The molecule has 1 saturated carbocycles. The Morgan fingerprint density at radius 3 is 2.73 bits per heavy atom. The Bertz CT molecular complexity index is 630. The molecule has 3 rings (SSSR count). The molecule has 0 amide bonds. The van der Waals surface area contributed by atoms with E-state index < -0.39 is 18.0 Å². The predicted molar refractivity (Wildman–Crippen MR) is 102 cm³/mol.